The van der Waals surface area contributed by atoms with E-state index in [1.54, 1.807) is 24.3 Å². The minimum Gasteiger partial charge on any atom is -0.491 e. The lowest BCUT2D eigenvalue weighted by Gasteiger charge is -2.19. The summed E-state index contributed by atoms with van der Waals surface area (Å²) < 4.78 is 31.9. The molecule has 0 saturated carbocycles. The number of amides is 1. The van der Waals surface area contributed by atoms with Crippen molar-refractivity contribution < 1.29 is 17.9 Å². The summed E-state index contributed by atoms with van der Waals surface area (Å²) in [6.07, 6.45) is 0. The molecule has 2 aromatic carbocycles. The van der Waals surface area contributed by atoms with Gasteiger partial charge in [0.25, 0.3) is 0 Å². The molecule has 152 valence electrons. The highest BCUT2D eigenvalue weighted by molar-refractivity contribution is 7.89. The molecular weight excluding hydrogens is 376 g/mol. The SMILES string of the molecule is Cc1ccc(S(=O)(=O)N(C)CC(=O)N[C@@H](C)COc2ccc(C)c(C)c2)cc1. The second-order valence-corrected chi connectivity index (χ2v) is 9.14. The molecule has 2 rings (SSSR count). The van der Waals surface area contributed by atoms with Gasteiger partial charge in [-0.15, -0.1) is 0 Å². The fourth-order valence-electron chi connectivity index (χ4n) is 2.56. The zero-order valence-electron chi connectivity index (χ0n) is 17.0. The molecule has 1 N–H and O–H groups in total. The number of likely N-dealkylation sites (N-methyl/N-ethyl adjacent to an activating group) is 1. The molecule has 0 aliphatic rings. The van der Waals surface area contributed by atoms with Gasteiger partial charge in [-0.3, -0.25) is 4.79 Å². The van der Waals surface area contributed by atoms with Crippen molar-refractivity contribution in [1.29, 1.82) is 0 Å². The van der Waals surface area contributed by atoms with E-state index in [0.29, 0.717) is 6.61 Å². The number of carbonyl (C=O) groups excluding carboxylic acids is 1. The van der Waals surface area contributed by atoms with Gasteiger partial charge < -0.3 is 10.1 Å². The number of benzene rings is 2. The lowest BCUT2D eigenvalue weighted by Crippen LogP contribution is -2.43. The Bertz CT molecular complexity index is 924. The van der Waals surface area contributed by atoms with E-state index in [2.05, 4.69) is 5.32 Å². The van der Waals surface area contributed by atoms with Crippen LogP contribution >= 0.6 is 0 Å². The lowest BCUT2D eigenvalue weighted by atomic mass is 10.1. The number of hydrogen-bond donors (Lipinski definition) is 1. The first-order valence-electron chi connectivity index (χ1n) is 9.12. The van der Waals surface area contributed by atoms with Crippen LogP contribution in [0.5, 0.6) is 5.75 Å². The molecular formula is C21H28N2O4S. The molecule has 0 fully saturated rings. The van der Waals surface area contributed by atoms with Gasteiger partial charge in [-0.1, -0.05) is 23.8 Å². The first-order valence-corrected chi connectivity index (χ1v) is 10.6. The highest BCUT2D eigenvalue weighted by Gasteiger charge is 2.23. The minimum atomic E-state index is -3.71. The molecule has 0 bridgehead atoms. The van der Waals surface area contributed by atoms with Crippen LogP contribution in [0, 0.1) is 20.8 Å². The van der Waals surface area contributed by atoms with Crippen LogP contribution in [0.2, 0.25) is 0 Å². The molecule has 0 heterocycles. The third-order valence-corrected chi connectivity index (χ3v) is 6.30. The summed E-state index contributed by atoms with van der Waals surface area (Å²) in [7, 11) is -2.32. The summed E-state index contributed by atoms with van der Waals surface area (Å²) in [5, 5.41) is 2.77. The molecule has 0 aliphatic carbocycles. The number of sulfonamides is 1. The van der Waals surface area contributed by atoms with E-state index in [1.165, 1.54) is 12.6 Å². The van der Waals surface area contributed by atoms with E-state index >= 15 is 0 Å². The monoisotopic (exact) mass is 404 g/mol. The number of hydrogen-bond acceptors (Lipinski definition) is 4. The van der Waals surface area contributed by atoms with E-state index in [4.69, 9.17) is 4.74 Å². The fraction of sp³-hybridized carbons (Fsp3) is 0.381. The zero-order chi connectivity index (χ0) is 20.9. The van der Waals surface area contributed by atoms with Gasteiger partial charge in [0.2, 0.25) is 15.9 Å². The van der Waals surface area contributed by atoms with Crippen molar-refractivity contribution in [3.05, 3.63) is 59.2 Å². The largest absolute Gasteiger partial charge is 0.491 e. The van der Waals surface area contributed by atoms with Crippen LogP contribution in [-0.4, -0.2) is 44.9 Å². The summed E-state index contributed by atoms with van der Waals surface area (Å²) >= 11 is 0. The van der Waals surface area contributed by atoms with Crippen LogP contribution in [-0.2, 0) is 14.8 Å². The second kappa shape index (κ2) is 9.21. The Morgan fingerprint density at radius 3 is 2.32 bits per heavy atom. The van der Waals surface area contributed by atoms with Gasteiger partial charge in [0.1, 0.15) is 12.4 Å². The summed E-state index contributed by atoms with van der Waals surface area (Å²) in [6.45, 7) is 7.77. The molecule has 1 atom stereocenters. The predicted molar refractivity (Wildman–Crippen MR) is 110 cm³/mol. The minimum absolute atomic E-state index is 0.166. The van der Waals surface area contributed by atoms with Crippen LogP contribution in [0.1, 0.15) is 23.6 Å². The van der Waals surface area contributed by atoms with Crippen molar-refractivity contribution in [3.8, 4) is 5.75 Å². The van der Waals surface area contributed by atoms with Crippen molar-refractivity contribution in [2.24, 2.45) is 0 Å². The molecule has 0 aliphatic heterocycles. The summed E-state index contributed by atoms with van der Waals surface area (Å²) in [6, 6.07) is 12.1. The quantitative estimate of drug-likeness (QED) is 0.734. The number of ether oxygens (including phenoxy) is 1. The molecule has 28 heavy (non-hydrogen) atoms. The Labute approximate surface area is 167 Å². The van der Waals surface area contributed by atoms with E-state index < -0.39 is 10.0 Å². The average molecular weight is 405 g/mol. The number of aryl methyl sites for hydroxylation is 3. The topological polar surface area (TPSA) is 75.7 Å². The summed E-state index contributed by atoms with van der Waals surface area (Å²) in [5.74, 6) is 0.359. The highest BCUT2D eigenvalue weighted by atomic mass is 32.2. The average Bonchev–Trinajstić information content (AvgIpc) is 2.63. The first-order chi connectivity index (χ1) is 13.1. The first kappa shape index (κ1) is 21.9. The van der Waals surface area contributed by atoms with E-state index in [-0.39, 0.29) is 23.4 Å². The third kappa shape index (κ3) is 5.81. The smallest absolute Gasteiger partial charge is 0.243 e. The molecule has 0 saturated heterocycles. The van der Waals surface area contributed by atoms with Gasteiger partial charge in [0.15, 0.2) is 0 Å². The van der Waals surface area contributed by atoms with Crippen molar-refractivity contribution >= 4 is 15.9 Å². The Balaban J connectivity index is 1.87. The van der Waals surface area contributed by atoms with Gasteiger partial charge in [0.05, 0.1) is 17.5 Å². The summed E-state index contributed by atoms with van der Waals surface area (Å²) in [4.78, 5) is 12.4. The third-order valence-electron chi connectivity index (χ3n) is 4.48. The molecule has 2 aromatic rings. The predicted octanol–water partition coefficient (Wildman–Crippen LogP) is 2.82. The van der Waals surface area contributed by atoms with Crippen LogP contribution in [0.4, 0.5) is 0 Å². The Hall–Kier alpha value is -2.38. The molecule has 6 nitrogen and oxygen atoms in total. The van der Waals surface area contributed by atoms with Crippen LogP contribution in [0.3, 0.4) is 0 Å². The molecule has 0 unspecified atom stereocenters. The zero-order valence-corrected chi connectivity index (χ0v) is 17.8. The van der Waals surface area contributed by atoms with E-state index in [1.807, 2.05) is 45.9 Å². The standard InChI is InChI=1S/C21H28N2O4S/c1-15-6-10-20(11-7-15)28(25,26)23(5)13-21(24)22-18(4)14-27-19-9-8-16(2)17(3)12-19/h6-12,18H,13-14H2,1-5H3,(H,22,24)/t18-/m0/s1. The Morgan fingerprint density at radius 2 is 1.71 bits per heavy atom. The van der Waals surface area contributed by atoms with Crippen LogP contribution < -0.4 is 10.1 Å². The van der Waals surface area contributed by atoms with Gasteiger partial charge in [0, 0.05) is 7.05 Å². The number of carbonyl (C=O) groups is 1. The maximum absolute atomic E-state index is 12.6. The Morgan fingerprint density at radius 1 is 1.07 bits per heavy atom. The van der Waals surface area contributed by atoms with Crippen molar-refractivity contribution in [2.75, 3.05) is 20.2 Å². The van der Waals surface area contributed by atoms with Crippen LogP contribution in [0.15, 0.2) is 47.4 Å². The van der Waals surface area contributed by atoms with Gasteiger partial charge in [-0.2, -0.15) is 4.31 Å². The van der Waals surface area contributed by atoms with E-state index in [0.717, 1.165) is 21.2 Å². The normalized spacial score (nSPS) is 12.6. The second-order valence-electron chi connectivity index (χ2n) is 7.10. The van der Waals surface area contributed by atoms with E-state index in [9.17, 15) is 13.2 Å². The maximum Gasteiger partial charge on any atom is 0.243 e. The molecule has 0 spiro atoms. The highest BCUT2D eigenvalue weighted by Crippen LogP contribution is 2.17. The van der Waals surface area contributed by atoms with Gasteiger partial charge in [-0.05, 0) is 63.1 Å². The van der Waals surface area contributed by atoms with Gasteiger partial charge >= 0.3 is 0 Å². The molecule has 0 aromatic heterocycles. The maximum atomic E-state index is 12.6. The van der Waals surface area contributed by atoms with Crippen molar-refractivity contribution in [3.63, 3.8) is 0 Å². The number of nitrogens with one attached hydrogen (secondary N) is 1. The number of rotatable bonds is 8. The Kier molecular flexibility index (Phi) is 7.21. The van der Waals surface area contributed by atoms with Gasteiger partial charge in [-0.25, -0.2) is 8.42 Å². The molecule has 7 heteroatoms. The van der Waals surface area contributed by atoms with Crippen molar-refractivity contribution in [2.45, 2.75) is 38.6 Å². The number of nitrogens with zero attached hydrogens (tertiary/aromatic N) is 1. The summed E-state index contributed by atoms with van der Waals surface area (Å²) in [5.41, 5.74) is 3.29. The molecule has 0 radical (unpaired) electrons. The fourth-order valence-corrected chi connectivity index (χ4v) is 3.69. The molecule has 1 amide bonds. The van der Waals surface area contributed by atoms with Crippen molar-refractivity contribution in [1.82, 2.24) is 9.62 Å². The lowest BCUT2D eigenvalue weighted by molar-refractivity contribution is -0.121. The van der Waals surface area contributed by atoms with Crippen LogP contribution in [0.25, 0.3) is 0 Å².